The van der Waals surface area contributed by atoms with E-state index in [1.807, 2.05) is 43.3 Å². The van der Waals surface area contributed by atoms with Gasteiger partial charge in [-0.05, 0) is 101 Å². The summed E-state index contributed by atoms with van der Waals surface area (Å²) in [5.74, 6) is 2.44. The highest BCUT2D eigenvalue weighted by Gasteiger charge is 2.22. The Balaban J connectivity index is 1.20. The number of piperidine rings is 1. The number of fused-ring (bicyclic) bond motifs is 1. The summed E-state index contributed by atoms with van der Waals surface area (Å²) < 4.78 is 18.0. The lowest BCUT2D eigenvalue weighted by Crippen LogP contribution is -2.39. The Bertz CT molecular complexity index is 1570. The lowest BCUT2D eigenvalue weighted by Gasteiger charge is -2.34. The van der Waals surface area contributed by atoms with E-state index in [0.29, 0.717) is 23.7 Å². The first kappa shape index (κ1) is 29.8. The van der Waals surface area contributed by atoms with Crippen molar-refractivity contribution in [2.45, 2.75) is 45.1 Å². The Labute approximate surface area is 257 Å². The monoisotopic (exact) mass is 599 g/mol. The fourth-order valence-electron chi connectivity index (χ4n) is 6.19. The number of hydrogen-bond acceptors (Lipinski definition) is 9. The number of aryl methyl sites for hydroxylation is 1. The van der Waals surface area contributed by atoms with Crippen LogP contribution in [-0.2, 0) is 0 Å². The molecule has 10 nitrogen and oxygen atoms in total. The molecule has 10 heteroatoms. The maximum Gasteiger partial charge on any atom is 0.274 e. The van der Waals surface area contributed by atoms with E-state index < -0.39 is 5.91 Å². The number of methoxy groups -OCH3 is 1. The number of carbonyl (C=O) groups excluding carboxylic acids is 1. The third kappa shape index (κ3) is 6.76. The third-order valence-corrected chi connectivity index (χ3v) is 8.61. The molecular weight excluding hydrogens is 558 g/mol. The number of nitrogens with one attached hydrogen (secondary N) is 2. The van der Waals surface area contributed by atoms with Crippen molar-refractivity contribution < 1.29 is 23.9 Å². The Morgan fingerprint density at radius 1 is 1.02 bits per heavy atom. The van der Waals surface area contributed by atoms with Gasteiger partial charge in [0.25, 0.3) is 5.91 Å². The summed E-state index contributed by atoms with van der Waals surface area (Å²) in [5.41, 5.74) is 5.73. The smallest absolute Gasteiger partial charge is 0.274 e. The molecule has 2 aromatic carbocycles. The number of aromatic nitrogens is 1. The van der Waals surface area contributed by atoms with Crippen molar-refractivity contribution in [1.29, 1.82) is 0 Å². The van der Waals surface area contributed by atoms with Crippen molar-refractivity contribution in [3.8, 4) is 23.0 Å². The summed E-state index contributed by atoms with van der Waals surface area (Å²) >= 11 is 0. The molecule has 2 aliphatic heterocycles. The van der Waals surface area contributed by atoms with E-state index >= 15 is 0 Å². The van der Waals surface area contributed by atoms with Crippen LogP contribution in [0.15, 0.2) is 59.0 Å². The van der Waals surface area contributed by atoms with Gasteiger partial charge in [-0.3, -0.25) is 10.0 Å². The number of benzene rings is 2. The lowest BCUT2D eigenvalue weighted by atomic mass is 10.0. The van der Waals surface area contributed by atoms with E-state index in [0.717, 1.165) is 78.4 Å². The van der Waals surface area contributed by atoms with Crippen molar-refractivity contribution in [3.63, 3.8) is 0 Å². The van der Waals surface area contributed by atoms with Crippen molar-refractivity contribution in [3.05, 3.63) is 65.9 Å². The molecule has 0 bridgehead atoms. The second-order valence-electron chi connectivity index (χ2n) is 11.6. The fourth-order valence-corrected chi connectivity index (χ4v) is 6.19. The van der Waals surface area contributed by atoms with Gasteiger partial charge in [0.15, 0.2) is 17.3 Å². The van der Waals surface area contributed by atoms with Crippen LogP contribution in [0, 0.1) is 6.92 Å². The Morgan fingerprint density at radius 3 is 2.48 bits per heavy atom. The van der Waals surface area contributed by atoms with Crippen molar-refractivity contribution >= 4 is 28.2 Å². The number of amides is 1. The van der Waals surface area contributed by atoms with Crippen molar-refractivity contribution in [1.82, 2.24) is 15.4 Å². The Hall–Kier alpha value is -4.28. The van der Waals surface area contributed by atoms with Crippen LogP contribution in [-0.4, -0.2) is 73.5 Å². The number of furan rings is 1. The summed E-state index contributed by atoms with van der Waals surface area (Å²) in [7, 11) is 1.68. The predicted octanol–water partition coefficient (Wildman–Crippen LogP) is 5.88. The minimum Gasteiger partial charge on any atom is -0.493 e. The van der Waals surface area contributed by atoms with Gasteiger partial charge >= 0.3 is 0 Å². The standard InChI is InChI=1S/C34H41N5O5/c1-23-6-11-31(44-23)30-21-28(35-25-12-17-39(18-13-25)26-9-7-24(8-10-26)34(40)37-41)27-20-32(42-2)33(22-29(27)36-30)43-19-5-16-38-14-3-4-15-38/h6-11,20-22,25,41H,3-5,12-19H2,1-2H3,(H,35,36)(H,37,40). The molecule has 2 aliphatic rings. The van der Waals surface area contributed by atoms with Gasteiger partial charge in [-0.2, -0.15) is 0 Å². The maximum absolute atomic E-state index is 11.7. The molecule has 44 heavy (non-hydrogen) atoms. The van der Waals surface area contributed by atoms with Gasteiger partial charge in [0.05, 0.1) is 19.2 Å². The highest BCUT2D eigenvalue weighted by Crippen LogP contribution is 2.38. The second-order valence-corrected chi connectivity index (χ2v) is 11.6. The van der Waals surface area contributed by atoms with Gasteiger partial charge in [-0.15, -0.1) is 0 Å². The molecule has 0 aliphatic carbocycles. The summed E-state index contributed by atoms with van der Waals surface area (Å²) in [5, 5.41) is 13.7. The first-order valence-corrected chi connectivity index (χ1v) is 15.5. The average Bonchev–Trinajstić information content (AvgIpc) is 3.75. The van der Waals surface area contributed by atoms with Crippen LogP contribution < -0.4 is 25.2 Å². The molecule has 2 saturated heterocycles. The van der Waals surface area contributed by atoms with Crippen LogP contribution in [0.2, 0.25) is 0 Å². The molecule has 0 radical (unpaired) electrons. The number of hydrogen-bond donors (Lipinski definition) is 3. The highest BCUT2D eigenvalue weighted by molar-refractivity contribution is 5.96. The molecule has 0 spiro atoms. The number of pyridine rings is 1. The molecule has 3 N–H and O–H groups in total. The van der Waals surface area contributed by atoms with Crippen LogP contribution in [0.25, 0.3) is 22.4 Å². The van der Waals surface area contributed by atoms with Gasteiger partial charge in [0, 0.05) is 54.1 Å². The molecule has 4 aromatic rings. The molecule has 0 saturated carbocycles. The SMILES string of the molecule is COc1cc2c(NC3CCN(c4ccc(C(=O)NO)cc4)CC3)cc(-c3ccc(C)o3)nc2cc1OCCCN1CCCC1. The van der Waals surface area contributed by atoms with Crippen LogP contribution in [0.3, 0.4) is 0 Å². The van der Waals surface area contributed by atoms with E-state index in [9.17, 15) is 4.79 Å². The summed E-state index contributed by atoms with van der Waals surface area (Å²) in [6.07, 6.45) is 5.42. The van der Waals surface area contributed by atoms with Gasteiger partial charge in [-0.1, -0.05) is 0 Å². The molecule has 2 fully saturated rings. The average molecular weight is 600 g/mol. The summed E-state index contributed by atoms with van der Waals surface area (Å²) in [6.45, 7) is 7.72. The van der Waals surface area contributed by atoms with Crippen LogP contribution in [0.4, 0.5) is 11.4 Å². The topological polar surface area (TPSA) is 112 Å². The molecule has 232 valence electrons. The number of rotatable bonds is 11. The molecule has 6 rings (SSSR count). The van der Waals surface area contributed by atoms with E-state index in [-0.39, 0.29) is 6.04 Å². The fraction of sp³-hybridized carbons (Fsp3) is 0.412. The first-order valence-electron chi connectivity index (χ1n) is 15.5. The van der Waals surface area contributed by atoms with E-state index in [1.54, 1.807) is 24.7 Å². The van der Waals surface area contributed by atoms with Crippen molar-refractivity contribution in [2.75, 3.05) is 56.7 Å². The van der Waals surface area contributed by atoms with Gasteiger partial charge in [0.2, 0.25) is 0 Å². The summed E-state index contributed by atoms with van der Waals surface area (Å²) in [6, 6.07) is 17.5. The summed E-state index contributed by atoms with van der Waals surface area (Å²) in [4.78, 5) is 21.5. The van der Waals surface area contributed by atoms with E-state index in [4.69, 9.17) is 24.1 Å². The molecule has 1 amide bonds. The van der Waals surface area contributed by atoms with Crippen molar-refractivity contribution in [2.24, 2.45) is 0 Å². The van der Waals surface area contributed by atoms with E-state index in [2.05, 4.69) is 21.2 Å². The largest absolute Gasteiger partial charge is 0.493 e. The zero-order chi connectivity index (χ0) is 30.5. The predicted molar refractivity (Wildman–Crippen MR) is 171 cm³/mol. The Morgan fingerprint density at radius 2 is 1.80 bits per heavy atom. The van der Waals surface area contributed by atoms with E-state index in [1.165, 1.54) is 25.9 Å². The first-order chi connectivity index (χ1) is 21.5. The lowest BCUT2D eigenvalue weighted by molar-refractivity contribution is 0.0706. The second kappa shape index (κ2) is 13.6. The molecule has 0 atom stereocenters. The van der Waals surface area contributed by atoms with Crippen LogP contribution >= 0.6 is 0 Å². The van der Waals surface area contributed by atoms with Gasteiger partial charge < -0.3 is 29.0 Å². The minimum absolute atomic E-state index is 0.259. The third-order valence-electron chi connectivity index (χ3n) is 8.61. The number of carbonyl (C=O) groups is 1. The highest BCUT2D eigenvalue weighted by atomic mass is 16.5. The van der Waals surface area contributed by atoms with Gasteiger partial charge in [0.1, 0.15) is 11.5 Å². The number of anilines is 2. The molecule has 0 unspecified atom stereocenters. The number of nitrogens with zero attached hydrogens (tertiary/aromatic N) is 3. The number of likely N-dealkylation sites (tertiary alicyclic amines) is 1. The number of ether oxygens (including phenoxy) is 2. The van der Waals surface area contributed by atoms with Crippen LogP contribution in [0.1, 0.15) is 48.2 Å². The maximum atomic E-state index is 11.7. The molecule has 4 heterocycles. The zero-order valence-electron chi connectivity index (χ0n) is 25.5. The quantitative estimate of drug-likeness (QED) is 0.111. The van der Waals surface area contributed by atoms with Crippen LogP contribution in [0.5, 0.6) is 11.5 Å². The molecule has 2 aromatic heterocycles. The number of hydroxylamine groups is 1. The van der Waals surface area contributed by atoms with Gasteiger partial charge in [-0.25, -0.2) is 10.5 Å². The zero-order valence-corrected chi connectivity index (χ0v) is 25.5. The molecular formula is C34H41N5O5. The minimum atomic E-state index is -0.513. The Kier molecular flexibility index (Phi) is 9.18. The normalized spacial score (nSPS) is 15.9.